The van der Waals surface area contributed by atoms with Crippen LogP contribution in [0.1, 0.15) is 58.8 Å². The summed E-state index contributed by atoms with van der Waals surface area (Å²) >= 11 is 0. The molecule has 8 heteroatoms. The molecule has 0 heterocycles. The Morgan fingerprint density at radius 1 is 1.23 bits per heavy atom. The summed E-state index contributed by atoms with van der Waals surface area (Å²) in [7, 11) is -3.80. The molecule has 0 spiro atoms. The van der Waals surface area contributed by atoms with E-state index < -0.39 is 39.6 Å². The van der Waals surface area contributed by atoms with E-state index in [-0.39, 0.29) is 41.8 Å². The highest BCUT2D eigenvalue weighted by atomic mass is 32.2. The Balaban J connectivity index is 1.65. The SMILES string of the molecule is C[C@]12CCC(=O)C=C1CC[C@@H]1[C@@H]2[C@H](O)C[C@@]2(C)[C@H]1CC[C@]2(O)C(=O)COS(C)(=O)=O. The third kappa shape index (κ3) is 3.14. The highest BCUT2D eigenvalue weighted by Crippen LogP contribution is 2.67. The van der Waals surface area contributed by atoms with Crippen LogP contribution in [0.5, 0.6) is 0 Å². The lowest BCUT2D eigenvalue weighted by Gasteiger charge is -2.60. The number of carbonyl (C=O) groups excluding carboxylic acids is 2. The summed E-state index contributed by atoms with van der Waals surface area (Å²) in [6.07, 6.45) is 5.95. The molecular weight excluding hydrogens is 408 g/mol. The Bertz CT molecular complexity index is 908. The van der Waals surface area contributed by atoms with Gasteiger partial charge in [0, 0.05) is 11.8 Å². The zero-order chi connectivity index (χ0) is 22.1. The summed E-state index contributed by atoms with van der Waals surface area (Å²) in [5, 5.41) is 22.8. The number of allylic oxidation sites excluding steroid dienone is 1. The molecule has 0 amide bonds. The minimum absolute atomic E-state index is 0.00611. The maximum absolute atomic E-state index is 12.9. The van der Waals surface area contributed by atoms with E-state index in [4.69, 9.17) is 0 Å². The molecule has 7 nitrogen and oxygen atoms in total. The fraction of sp³-hybridized carbons (Fsp3) is 0.818. The van der Waals surface area contributed by atoms with Crippen LogP contribution < -0.4 is 0 Å². The van der Waals surface area contributed by atoms with Crippen LogP contribution in [0.15, 0.2) is 11.6 Å². The molecule has 2 N–H and O–H groups in total. The van der Waals surface area contributed by atoms with Crippen molar-refractivity contribution in [2.75, 3.05) is 12.9 Å². The number of Topliss-reactive ketones (excluding diaryl/α,β-unsaturated/α-hetero) is 1. The van der Waals surface area contributed by atoms with E-state index in [2.05, 4.69) is 11.1 Å². The lowest BCUT2D eigenvalue weighted by atomic mass is 9.45. The Kier molecular flexibility index (Phi) is 5.13. The number of fused-ring (bicyclic) bond motifs is 5. The predicted molar refractivity (Wildman–Crippen MR) is 109 cm³/mol. The van der Waals surface area contributed by atoms with Crippen molar-refractivity contribution >= 4 is 21.7 Å². The van der Waals surface area contributed by atoms with Crippen molar-refractivity contribution < 1.29 is 32.4 Å². The van der Waals surface area contributed by atoms with Gasteiger partial charge in [0.1, 0.15) is 12.2 Å². The average molecular weight is 441 g/mol. The number of hydrogen-bond donors (Lipinski definition) is 2. The summed E-state index contributed by atoms with van der Waals surface area (Å²) < 4.78 is 27.3. The van der Waals surface area contributed by atoms with Gasteiger partial charge in [-0.25, -0.2) is 0 Å². The van der Waals surface area contributed by atoms with Gasteiger partial charge in [0.15, 0.2) is 11.6 Å². The molecule has 0 saturated heterocycles. The monoisotopic (exact) mass is 440 g/mol. The fourth-order valence-electron chi connectivity index (χ4n) is 7.43. The smallest absolute Gasteiger partial charge is 0.264 e. The maximum Gasteiger partial charge on any atom is 0.264 e. The molecule has 4 rings (SSSR count). The van der Waals surface area contributed by atoms with Gasteiger partial charge in [0.2, 0.25) is 0 Å². The van der Waals surface area contributed by atoms with Crippen LogP contribution >= 0.6 is 0 Å². The van der Waals surface area contributed by atoms with Crippen molar-refractivity contribution in [3.8, 4) is 0 Å². The molecule has 168 valence electrons. The molecule has 3 saturated carbocycles. The molecule has 3 fully saturated rings. The second-order valence-electron chi connectivity index (χ2n) is 10.4. The van der Waals surface area contributed by atoms with Gasteiger partial charge in [-0.15, -0.1) is 0 Å². The number of ketones is 2. The zero-order valence-corrected chi connectivity index (χ0v) is 18.7. The number of aliphatic hydroxyl groups excluding tert-OH is 1. The molecule has 7 atom stereocenters. The van der Waals surface area contributed by atoms with Crippen molar-refractivity contribution in [3.05, 3.63) is 11.6 Å². The van der Waals surface area contributed by atoms with Crippen LogP contribution in [0.2, 0.25) is 0 Å². The van der Waals surface area contributed by atoms with Crippen LogP contribution in [0, 0.1) is 28.6 Å². The number of rotatable bonds is 4. The number of hydrogen-bond acceptors (Lipinski definition) is 7. The molecule has 0 bridgehead atoms. The highest BCUT2D eigenvalue weighted by Gasteiger charge is 2.68. The maximum atomic E-state index is 12.9. The average Bonchev–Trinajstić information content (AvgIpc) is 2.91. The second kappa shape index (κ2) is 6.95. The van der Waals surface area contributed by atoms with E-state index in [1.807, 2.05) is 6.92 Å². The van der Waals surface area contributed by atoms with Gasteiger partial charge >= 0.3 is 0 Å². The third-order valence-electron chi connectivity index (χ3n) is 8.91. The number of aliphatic hydroxyl groups is 2. The first-order chi connectivity index (χ1) is 13.8. The molecule has 0 aromatic rings. The summed E-state index contributed by atoms with van der Waals surface area (Å²) in [6, 6.07) is 0. The summed E-state index contributed by atoms with van der Waals surface area (Å²) in [5.74, 6) is -0.286. The molecule has 30 heavy (non-hydrogen) atoms. The van der Waals surface area contributed by atoms with E-state index in [1.165, 1.54) is 0 Å². The topological polar surface area (TPSA) is 118 Å². The van der Waals surface area contributed by atoms with Gasteiger partial charge in [-0.1, -0.05) is 19.4 Å². The molecule has 0 unspecified atom stereocenters. The van der Waals surface area contributed by atoms with Gasteiger partial charge in [-0.05, 0) is 67.8 Å². The molecular formula is C22H32O7S. The lowest BCUT2D eigenvalue weighted by Crippen LogP contribution is -2.62. The van der Waals surface area contributed by atoms with Crippen LogP contribution in [0.25, 0.3) is 0 Å². The lowest BCUT2D eigenvalue weighted by molar-refractivity contribution is -0.181. The summed E-state index contributed by atoms with van der Waals surface area (Å²) in [5.41, 5.74) is -1.66. The van der Waals surface area contributed by atoms with Crippen molar-refractivity contribution in [2.45, 2.75) is 70.5 Å². The Hall–Kier alpha value is -1.09. The van der Waals surface area contributed by atoms with Gasteiger partial charge < -0.3 is 10.2 Å². The molecule has 4 aliphatic rings. The van der Waals surface area contributed by atoms with Crippen molar-refractivity contribution in [1.29, 1.82) is 0 Å². The quantitative estimate of drug-likeness (QED) is 0.640. The van der Waals surface area contributed by atoms with E-state index >= 15 is 0 Å². The second-order valence-corrected chi connectivity index (χ2v) is 12.0. The fourth-order valence-corrected chi connectivity index (χ4v) is 7.75. The van der Waals surface area contributed by atoms with Crippen LogP contribution in [-0.4, -0.2) is 54.8 Å². The third-order valence-corrected chi connectivity index (χ3v) is 9.46. The molecule has 0 aromatic carbocycles. The van der Waals surface area contributed by atoms with Crippen molar-refractivity contribution in [1.82, 2.24) is 0 Å². The Morgan fingerprint density at radius 3 is 2.60 bits per heavy atom. The molecule has 0 aromatic heterocycles. The van der Waals surface area contributed by atoms with E-state index in [0.717, 1.165) is 31.1 Å². The molecule has 4 aliphatic carbocycles. The first-order valence-electron chi connectivity index (χ1n) is 10.8. The predicted octanol–water partition coefficient (Wildman–Crippen LogP) is 1.77. The minimum atomic E-state index is -3.80. The zero-order valence-electron chi connectivity index (χ0n) is 17.9. The molecule has 0 radical (unpaired) electrons. The van der Waals surface area contributed by atoms with Crippen LogP contribution in [0.3, 0.4) is 0 Å². The Labute approximate surface area is 178 Å². The largest absolute Gasteiger partial charge is 0.393 e. The van der Waals surface area contributed by atoms with Crippen molar-refractivity contribution in [3.63, 3.8) is 0 Å². The van der Waals surface area contributed by atoms with E-state index in [0.29, 0.717) is 12.8 Å². The first kappa shape index (κ1) is 22.1. The van der Waals surface area contributed by atoms with E-state index in [9.17, 15) is 28.2 Å². The van der Waals surface area contributed by atoms with Gasteiger partial charge in [0.05, 0.1) is 12.4 Å². The summed E-state index contributed by atoms with van der Waals surface area (Å²) in [6.45, 7) is 3.33. The standard InChI is InChI=1S/C22H32O7S/c1-20-8-6-14(23)10-13(20)4-5-15-16-7-9-22(26,18(25)12-29-30(3,27)28)21(16,2)11-17(24)19(15)20/h10,15-17,19,24,26H,4-9,11-12H2,1-3H3/t15-,16-,17+,19+,20-,21-,22-/m0/s1. The van der Waals surface area contributed by atoms with Gasteiger partial charge in [-0.3, -0.25) is 13.8 Å². The van der Waals surface area contributed by atoms with Crippen LogP contribution in [0.4, 0.5) is 0 Å². The van der Waals surface area contributed by atoms with Gasteiger partial charge in [0.25, 0.3) is 10.1 Å². The number of carbonyl (C=O) groups is 2. The van der Waals surface area contributed by atoms with Crippen LogP contribution in [-0.2, 0) is 23.9 Å². The Morgan fingerprint density at radius 2 is 1.93 bits per heavy atom. The molecule has 0 aliphatic heterocycles. The van der Waals surface area contributed by atoms with Crippen molar-refractivity contribution in [2.24, 2.45) is 28.6 Å². The first-order valence-corrected chi connectivity index (χ1v) is 12.7. The highest BCUT2D eigenvalue weighted by molar-refractivity contribution is 7.86. The summed E-state index contributed by atoms with van der Waals surface area (Å²) in [4.78, 5) is 24.9. The minimum Gasteiger partial charge on any atom is -0.393 e. The van der Waals surface area contributed by atoms with E-state index in [1.54, 1.807) is 6.08 Å². The van der Waals surface area contributed by atoms with Gasteiger partial charge in [-0.2, -0.15) is 8.42 Å². The normalized spacial score (nSPS) is 45.9.